The third-order valence-electron chi connectivity index (χ3n) is 8.13. The third kappa shape index (κ3) is 4.62. The van der Waals surface area contributed by atoms with E-state index in [9.17, 15) is 19.5 Å². The number of unbranched alkanes of at least 4 members (excludes halogenated alkanes) is 1. The fraction of sp³-hybridized carbons (Fsp3) is 0.552. The van der Waals surface area contributed by atoms with Crippen molar-refractivity contribution in [1.29, 1.82) is 0 Å². The van der Waals surface area contributed by atoms with Gasteiger partial charge in [-0.25, -0.2) is 0 Å². The Morgan fingerprint density at radius 2 is 1.92 bits per heavy atom. The summed E-state index contributed by atoms with van der Waals surface area (Å²) < 4.78 is 6.61. The van der Waals surface area contributed by atoms with Crippen LogP contribution in [0.5, 0.6) is 0 Å². The minimum absolute atomic E-state index is 0.00417. The van der Waals surface area contributed by atoms with Gasteiger partial charge in [0.05, 0.1) is 17.9 Å². The van der Waals surface area contributed by atoms with Gasteiger partial charge in [-0.15, -0.1) is 13.2 Å². The van der Waals surface area contributed by atoms with E-state index in [0.717, 1.165) is 16.8 Å². The van der Waals surface area contributed by atoms with Gasteiger partial charge < -0.3 is 24.5 Å². The average Bonchev–Trinajstić information content (AvgIpc) is 3.47. The van der Waals surface area contributed by atoms with E-state index in [-0.39, 0.29) is 35.7 Å². The summed E-state index contributed by atoms with van der Waals surface area (Å²) in [5.41, 5.74) is 1.59. The molecule has 4 rings (SSSR count). The number of ether oxygens (including phenoxy) is 1. The maximum absolute atomic E-state index is 14.6. The van der Waals surface area contributed by atoms with Crippen molar-refractivity contribution in [3.8, 4) is 0 Å². The largest absolute Gasteiger partial charge is 0.396 e. The number of halogens is 1. The Bertz CT molecular complexity index is 1130. The Balaban J connectivity index is 1.80. The zero-order valence-corrected chi connectivity index (χ0v) is 24.0. The van der Waals surface area contributed by atoms with Gasteiger partial charge in [-0.1, -0.05) is 40.2 Å². The molecule has 1 aromatic carbocycles. The number of aliphatic hydroxyl groups excluding tert-OH is 1. The molecule has 2 bridgehead atoms. The quantitative estimate of drug-likeness (QED) is 0.244. The highest BCUT2D eigenvalue weighted by Gasteiger charge is 2.76. The van der Waals surface area contributed by atoms with Crippen LogP contribution >= 0.6 is 15.9 Å². The highest BCUT2D eigenvalue weighted by molar-refractivity contribution is 9.09. The number of nitrogens with zero attached hydrogens (tertiary/aromatic N) is 3. The van der Waals surface area contributed by atoms with Crippen LogP contribution in [0.15, 0.2) is 43.5 Å². The summed E-state index contributed by atoms with van der Waals surface area (Å²) in [6.45, 7) is 12.5. The second-order valence-corrected chi connectivity index (χ2v) is 11.8. The summed E-state index contributed by atoms with van der Waals surface area (Å²) in [5, 5.41) is 9.39. The molecule has 0 radical (unpaired) electrons. The highest BCUT2D eigenvalue weighted by Crippen LogP contribution is 2.60. The van der Waals surface area contributed by atoms with Crippen molar-refractivity contribution in [1.82, 2.24) is 9.80 Å². The molecule has 1 spiro atoms. The first-order chi connectivity index (χ1) is 18.1. The second-order valence-electron chi connectivity index (χ2n) is 10.7. The van der Waals surface area contributed by atoms with Gasteiger partial charge in [0.1, 0.15) is 11.6 Å². The van der Waals surface area contributed by atoms with Crippen molar-refractivity contribution >= 4 is 39.3 Å². The molecule has 0 saturated carbocycles. The number of fused-ring (bicyclic) bond motifs is 1. The number of hydrogen-bond donors (Lipinski definition) is 1. The number of likely N-dealkylation sites (tertiary alicyclic amines) is 1. The van der Waals surface area contributed by atoms with E-state index in [1.54, 1.807) is 33.9 Å². The van der Waals surface area contributed by atoms with Gasteiger partial charge in [0.15, 0.2) is 0 Å². The average molecular weight is 589 g/mol. The smallest absolute Gasteiger partial charge is 0.253 e. The van der Waals surface area contributed by atoms with Crippen LogP contribution in [0.2, 0.25) is 0 Å². The first-order valence-corrected chi connectivity index (χ1v) is 14.1. The van der Waals surface area contributed by atoms with Gasteiger partial charge in [-0.2, -0.15) is 0 Å². The number of anilines is 1. The number of carbonyl (C=O) groups is 3. The second kappa shape index (κ2) is 11.3. The van der Waals surface area contributed by atoms with Crippen LogP contribution in [0.1, 0.15) is 30.4 Å². The molecule has 0 aromatic heterocycles. The summed E-state index contributed by atoms with van der Waals surface area (Å²) in [6, 6.07) is 5.04. The number of hydrogen-bond acceptors (Lipinski definition) is 5. The van der Waals surface area contributed by atoms with Crippen molar-refractivity contribution < 1.29 is 24.2 Å². The Kier molecular flexibility index (Phi) is 8.49. The van der Waals surface area contributed by atoms with Gasteiger partial charge in [0, 0.05) is 43.8 Å². The molecule has 3 saturated heterocycles. The number of likely N-dealkylation sites (N-methyl/N-ethyl adjacent to an activating group) is 1. The lowest BCUT2D eigenvalue weighted by molar-refractivity contribution is -0.144. The molecule has 206 valence electrons. The molecule has 3 aliphatic rings. The van der Waals surface area contributed by atoms with Gasteiger partial charge in [0.25, 0.3) is 5.91 Å². The fourth-order valence-corrected chi connectivity index (χ4v) is 7.40. The van der Waals surface area contributed by atoms with Crippen LogP contribution < -0.4 is 4.90 Å². The van der Waals surface area contributed by atoms with Crippen molar-refractivity contribution in [3.63, 3.8) is 0 Å². The molecule has 3 aliphatic heterocycles. The van der Waals surface area contributed by atoms with Crippen LogP contribution in [0, 0.1) is 25.7 Å². The van der Waals surface area contributed by atoms with Crippen LogP contribution in [-0.4, -0.2) is 88.5 Å². The van der Waals surface area contributed by atoms with E-state index in [1.165, 1.54) is 0 Å². The summed E-state index contributed by atoms with van der Waals surface area (Å²) in [4.78, 5) is 47.0. The number of amides is 3. The molecule has 8 nitrogen and oxygen atoms in total. The summed E-state index contributed by atoms with van der Waals surface area (Å²) >= 11 is 3.72. The van der Waals surface area contributed by atoms with Crippen LogP contribution in [0.3, 0.4) is 0 Å². The molecule has 0 aliphatic carbocycles. The fourth-order valence-electron chi connectivity index (χ4n) is 6.46. The van der Waals surface area contributed by atoms with Crippen LogP contribution in [-0.2, 0) is 19.1 Å². The lowest BCUT2D eigenvalue weighted by Crippen LogP contribution is -2.57. The van der Waals surface area contributed by atoms with E-state index in [2.05, 4.69) is 29.1 Å². The van der Waals surface area contributed by atoms with E-state index >= 15 is 0 Å². The van der Waals surface area contributed by atoms with Crippen molar-refractivity contribution in [2.75, 3.05) is 38.2 Å². The number of aliphatic hydroxyl groups is 1. The van der Waals surface area contributed by atoms with Gasteiger partial charge in [-0.3, -0.25) is 14.4 Å². The third-order valence-corrected chi connectivity index (χ3v) is 8.97. The van der Waals surface area contributed by atoms with E-state index in [1.807, 2.05) is 32.0 Å². The predicted octanol–water partition coefficient (Wildman–Crippen LogP) is 2.99. The summed E-state index contributed by atoms with van der Waals surface area (Å²) in [6.07, 6.45) is 4.31. The van der Waals surface area contributed by atoms with Crippen molar-refractivity contribution in [3.05, 3.63) is 54.6 Å². The van der Waals surface area contributed by atoms with E-state index in [4.69, 9.17) is 4.74 Å². The molecule has 1 aromatic rings. The van der Waals surface area contributed by atoms with E-state index < -0.39 is 29.6 Å². The standard InChI is InChI=1S/C29H38BrN3O5/c1-6-12-31(5)26(35)22-23-27(36)33(14-8-9-15-34)25(29(23)17-20(30)24(22)38-29)28(37)32(13-7-2)21-16-18(3)10-11-19(21)4/h6-7,10-11,16,20,22-25,34H,1-2,8-9,12-15,17H2,3-5H3/t20?,22-,23+,24-,25?,29?/m1/s1. The van der Waals surface area contributed by atoms with Crippen molar-refractivity contribution in [2.45, 2.75) is 55.7 Å². The van der Waals surface area contributed by atoms with Gasteiger partial charge in [-0.05, 0) is 50.3 Å². The molecule has 3 unspecified atom stereocenters. The van der Waals surface area contributed by atoms with Crippen LogP contribution in [0.4, 0.5) is 5.69 Å². The normalized spacial score (nSPS) is 29.3. The Morgan fingerprint density at radius 1 is 1.21 bits per heavy atom. The zero-order valence-electron chi connectivity index (χ0n) is 22.4. The van der Waals surface area contributed by atoms with Gasteiger partial charge >= 0.3 is 0 Å². The van der Waals surface area contributed by atoms with Gasteiger partial charge in [0.2, 0.25) is 11.8 Å². The molecular weight excluding hydrogens is 550 g/mol. The molecule has 9 heteroatoms. The SMILES string of the molecule is C=CCN(C)C(=O)[C@H]1[C@@H]2OC3(CC2Br)C(C(=O)N(CC=C)c2cc(C)ccc2C)N(CCCCO)C(=O)[C@H]13. The number of rotatable bonds is 11. The minimum atomic E-state index is -1.13. The molecule has 3 amide bonds. The predicted molar refractivity (Wildman–Crippen MR) is 150 cm³/mol. The summed E-state index contributed by atoms with van der Waals surface area (Å²) in [5.74, 6) is -2.11. The maximum atomic E-state index is 14.6. The molecule has 38 heavy (non-hydrogen) atoms. The first kappa shape index (κ1) is 28.5. The Morgan fingerprint density at radius 3 is 2.58 bits per heavy atom. The number of alkyl halides is 1. The highest BCUT2D eigenvalue weighted by atomic mass is 79.9. The van der Waals surface area contributed by atoms with E-state index in [0.29, 0.717) is 32.4 Å². The molecule has 3 fully saturated rings. The lowest BCUT2D eigenvalue weighted by Gasteiger charge is -2.37. The number of benzene rings is 1. The molecule has 3 heterocycles. The zero-order chi connectivity index (χ0) is 27.8. The number of carbonyl (C=O) groups excluding carboxylic acids is 3. The lowest BCUT2D eigenvalue weighted by atomic mass is 9.70. The Labute approximate surface area is 233 Å². The number of aryl methyl sites for hydroxylation is 2. The summed E-state index contributed by atoms with van der Waals surface area (Å²) in [7, 11) is 1.69. The molecule has 1 N–H and O–H groups in total. The Hall–Kier alpha value is -2.49. The minimum Gasteiger partial charge on any atom is -0.396 e. The molecule has 6 atom stereocenters. The molecular formula is C29H38BrN3O5. The maximum Gasteiger partial charge on any atom is 0.253 e. The van der Waals surface area contributed by atoms with Crippen LogP contribution in [0.25, 0.3) is 0 Å². The monoisotopic (exact) mass is 587 g/mol. The topological polar surface area (TPSA) is 90.4 Å². The van der Waals surface area contributed by atoms with Crippen molar-refractivity contribution in [2.24, 2.45) is 11.8 Å². The first-order valence-electron chi connectivity index (χ1n) is 13.2.